The quantitative estimate of drug-likeness (QED) is 0.370. The largest absolute Gasteiger partial charge is 0.416 e. The summed E-state index contributed by atoms with van der Waals surface area (Å²) in [4.78, 5) is 2.16. The van der Waals surface area contributed by atoms with Crippen LogP contribution in [0.15, 0.2) is 48.5 Å². The van der Waals surface area contributed by atoms with Crippen LogP contribution in [-0.4, -0.2) is 31.3 Å². The molecule has 1 atom stereocenters. The van der Waals surface area contributed by atoms with Crippen molar-refractivity contribution < 1.29 is 13.2 Å². The van der Waals surface area contributed by atoms with E-state index in [2.05, 4.69) is 44.2 Å². The SMILES string of the molecule is Cn1c2c(c3ccccc31)CCN(c1ccc(C(F)(F)F)cc1)C2c1nnnn1C1CCCCC1. The Labute approximate surface area is 201 Å². The van der Waals surface area contributed by atoms with Gasteiger partial charge in [0.05, 0.1) is 17.3 Å². The number of rotatable bonds is 3. The number of tetrazole rings is 1. The molecule has 0 radical (unpaired) electrons. The summed E-state index contributed by atoms with van der Waals surface area (Å²) in [6.07, 6.45) is 2.02. The van der Waals surface area contributed by atoms with Crippen LogP contribution >= 0.6 is 0 Å². The van der Waals surface area contributed by atoms with Crippen molar-refractivity contribution in [1.29, 1.82) is 0 Å². The molecule has 1 unspecified atom stereocenters. The Kier molecular flexibility index (Phi) is 5.30. The Morgan fingerprint density at radius 3 is 2.43 bits per heavy atom. The lowest BCUT2D eigenvalue weighted by molar-refractivity contribution is -0.137. The van der Waals surface area contributed by atoms with E-state index in [1.807, 2.05) is 16.8 Å². The first-order chi connectivity index (χ1) is 16.9. The fourth-order valence-corrected chi connectivity index (χ4v) is 5.96. The molecule has 182 valence electrons. The number of alkyl halides is 3. The average molecular weight is 481 g/mol. The van der Waals surface area contributed by atoms with Gasteiger partial charge >= 0.3 is 6.18 Å². The van der Waals surface area contributed by atoms with Crippen molar-refractivity contribution in [3.8, 4) is 0 Å². The van der Waals surface area contributed by atoms with Crippen LogP contribution in [0.4, 0.5) is 18.9 Å². The normalized spacial score (nSPS) is 19.3. The van der Waals surface area contributed by atoms with Crippen LogP contribution in [-0.2, 0) is 19.6 Å². The third kappa shape index (κ3) is 3.68. The zero-order chi connectivity index (χ0) is 24.2. The van der Waals surface area contributed by atoms with Gasteiger partial charge in [-0.1, -0.05) is 37.5 Å². The first-order valence-electron chi connectivity index (χ1n) is 12.2. The monoisotopic (exact) mass is 480 g/mol. The first kappa shape index (κ1) is 22.1. The maximum atomic E-state index is 13.2. The lowest BCUT2D eigenvalue weighted by Gasteiger charge is -2.38. The maximum absolute atomic E-state index is 13.2. The molecule has 4 aromatic rings. The molecule has 9 heteroatoms. The van der Waals surface area contributed by atoms with Gasteiger partial charge in [-0.2, -0.15) is 13.2 Å². The van der Waals surface area contributed by atoms with Crippen molar-refractivity contribution in [3.05, 3.63) is 71.2 Å². The summed E-state index contributed by atoms with van der Waals surface area (Å²) in [5.74, 6) is 0.753. The van der Waals surface area contributed by atoms with Gasteiger partial charge in [-0.15, -0.1) is 5.10 Å². The van der Waals surface area contributed by atoms with Crippen molar-refractivity contribution in [2.75, 3.05) is 11.4 Å². The summed E-state index contributed by atoms with van der Waals surface area (Å²) in [6, 6.07) is 13.7. The number of aryl methyl sites for hydroxylation is 1. The van der Waals surface area contributed by atoms with Gasteiger partial charge in [0.1, 0.15) is 6.04 Å². The molecule has 1 saturated carbocycles. The highest BCUT2D eigenvalue weighted by molar-refractivity contribution is 5.86. The molecule has 1 aliphatic heterocycles. The Morgan fingerprint density at radius 2 is 1.69 bits per heavy atom. The molecule has 2 aliphatic rings. The molecule has 1 aliphatic carbocycles. The van der Waals surface area contributed by atoms with E-state index < -0.39 is 11.7 Å². The predicted octanol–water partition coefficient (Wildman–Crippen LogP) is 5.84. The summed E-state index contributed by atoms with van der Waals surface area (Å²) in [5.41, 5.74) is 3.58. The second-order valence-corrected chi connectivity index (χ2v) is 9.60. The molecule has 0 N–H and O–H groups in total. The summed E-state index contributed by atoms with van der Waals surface area (Å²) in [5, 5.41) is 14.2. The van der Waals surface area contributed by atoms with Crippen LogP contribution in [0.5, 0.6) is 0 Å². The molecule has 0 spiro atoms. The number of fused-ring (bicyclic) bond motifs is 3. The Hall–Kier alpha value is -3.36. The minimum absolute atomic E-state index is 0.239. The zero-order valence-electron chi connectivity index (χ0n) is 19.5. The third-order valence-corrected chi connectivity index (χ3v) is 7.64. The Morgan fingerprint density at radius 1 is 0.943 bits per heavy atom. The van der Waals surface area contributed by atoms with Gasteiger partial charge in [-0.05, 0) is 65.6 Å². The fourth-order valence-electron chi connectivity index (χ4n) is 5.96. The van der Waals surface area contributed by atoms with Gasteiger partial charge in [0.15, 0.2) is 5.82 Å². The van der Waals surface area contributed by atoms with Crippen LogP contribution in [0.2, 0.25) is 0 Å². The van der Waals surface area contributed by atoms with Gasteiger partial charge in [-0.25, -0.2) is 4.68 Å². The van der Waals surface area contributed by atoms with Crippen molar-refractivity contribution in [2.45, 2.75) is 56.8 Å². The third-order valence-electron chi connectivity index (χ3n) is 7.64. The highest BCUT2D eigenvalue weighted by Crippen LogP contribution is 2.43. The number of nitrogens with zero attached hydrogens (tertiary/aromatic N) is 6. The molecule has 2 aromatic heterocycles. The van der Waals surface area contributed by atoms with Gasteiger partial charge in [0.25, 0.3) is 0 Å². The van der Waals surface area contributed by atoms with E-state index in [9.17, 15) is 13.2 Å². The Balaban J connectivity index is 1.51. The van der Waals surface area contributed by atoms with E-state index in [1.165, 1.54) is 17.4 Å². The number of anilines is 1. The Bertz CT molecular complexity index is 1350. The van der Waals surface area contributed by atoms with Gasteiger partial charge < -0.3 is 9.47 Å². The van der Waals surface area contributed by atoms with E-state index >= 15 is 0 Å². The minimum Gasteiger partial charge on any atom is -0.356 e. The lowest BCUT2D eigenvalue weighted by Crippen LogP contribution is -2.39. The summed E-state index contributed by atoms with van der Waals surface area (Å²) >= 11 is 0. The van der Waals surface area contributed by atoms with E-state index in [0.717, 1.165) is 67.0 Å². The predicted molar refractivity (Wildman–Crippen MR) is 127 cm³/mol. The zero-order valence-corrected chi connectivity index (χ0v) is 19.5. The number of aromatic nitrogens is 5. The van der Waals surface area contributed by atoms with Crippen LogP contribution in [0, 0.1) is 0 Å². The molecule has 3 heterocycles. The highest BCUT2D eigenvalue weighted by Gasteiger charge is 2.38. The van der Waals surface area contributed by atoms with Crippen molar-refractivity contribution in [3.63, 3.8) is 0 Å². The standard InChI is InChI=1S/C26H27F3N6/c1-33-22-10-6-5-9-20(22)21-15-16-34(18-13-11-17(12-14-18)26(27,28)29)24(23(21)33)25-30-31-32-35(25)19-7-3-2-4-8-19/h5-6,9-14,19,24H,2-4,7-8,15-16H2,1H3. The summed E-state index contributed by atoms with van der Waals surface area (Å²) < 4.78 is 43.9. The first-order valence-corrected chi connectivity index (χ1v) is 12.2. The van der Waals surface area contributed by atoms with Gasteiger partial charge in [-0.3, -0.25) is 0 Å². The molecule has 6 nitrogen and oxygen atoms in total. The molecule has 0 amide bonds. The molecule has 1 fully saturated rings. The van der Waals surface area contributed by atoms with Crippen molar-refractivity contribution >= 4 is 16.6 Å². The van der Waals surface area contributed by atoms with E-state index in [1.54, 1.807) is 12.1 Å². The molecule has 0 saturated heterocycles. The van der Waals surface area contributed by atoms with E-state index in [-0.39, 0.29) is 12.1 Å². The van der Waals surface area contributed by atoms with Crippen LogP contribution in [0.25, 0.3) is 10.9 Å². The van der Waals surface area contributed by atoms with Crippen molar-refractivity contribution in [1.82, 2.24) is 24.8 Å². The van der Waals surface area contributed by atoms with E-state index in [4.69, 9.17) is 0 Å². The molecule has 2 aromatic carbocycles. The average Bonchev–Trinajstić information content (AvgIpc) is 3.47. The van der Waals surface area contributed by atoms with Crippen LogP contribution < -0.4 is 4.90 Å². The van der Waals surface area contributed by atoms with Crippen LogP contribution in [0.3, 0.4) is 0 Å². The second kappa shape index (κ2) is 8.39. The number of benzene rings is 2. The van der Waals surface area contributed by atoms with Crippen LogP contribution in [0.1, 0.15) is 66.8 Å². The van der Waals surface area contributed by atoms with Gasteiger partial charge in [0, 0.05) is 30.2 Å². The van der Waals surface area contributed by atoms with Gasteiger partial charge in [0.2, 0.25) is 0 Å². The summed E-state index contributed by atoms with van der Waals surface area (Å²) in [6.45, 7) is 0.661. The highest BCUT2D eigenvalue weighted by atomic mass is 19.4. The van der Waals surface area contributed by atoms with E-state index in [0.29, 0.717) is 6.54 Å². The summed E-state index contributed by atoms with van der Waals surface area (Å²) in [7, 11) is 2.05. The maximum Gasteiger partial charge on any atom is 0.416 e. The number of para-hydroxylation sites is 1. The topological polar surface area (TPSA) is 51.8 Å². The molecule has 6 rings (SSSR count). The number of hydrogen-bond donors (Lipinski definition) is 0. The number of halogens is 3. The molecule has 0 bridgehead atoms. The molecular formula is C26H27F3N6. The number of hydrogen-bond acceptors (Lipinski definition) is 4. The lowest BCUT2D eigenvalue weighted by atomic mass is 9.93. The molecule has 35 heavy (non-hydrogen) atoms. The fraction of sp³-hybridized carbons (Fsp3) is 0.423. The minimum atomic E-state index is -4.37. The second-order valence-electron chi connectivity index (χ2n) is 9.60. The smallest absolute Gasteiger partial charge is 0.356 e. The van der Waals surface area contributed by atoms with Crippen molar-refractivity contribution in [2.24, 2.45) is 7.05 Å². The molecular weight excluding hydrogens is 453 g/mol.